The van der Waals surface area contributed by atoms with Crippen molar-refractivity contribution in [1.82, 2.24) is 4.98 Å². The maximum absolute atomic E-state index is 12.0. The molecule has 0 radical (unpaired) electrons. The average molecular weight is 400 g/mol. The number of nitrogens with zero attached hydrogens (tertiary/aromatic N) is 1. The van der Waals surface area contributed by atoms with Crippen LogP contribution in [0.25, 0.3) is 10.9 Å². The number of pyridine rings is 1. The lowest BCUT2D eigenvalue weighted by molar-refractivity contribution is 0.355. The predicted molar refractivity (Wildman–Crippen MR) is 107 cm³/mol. The number of rotatable bonds is 7. The van der Waals surface area contributed by atoms with Crippen LogP contribution in [0.2, 0.25) is 0 Å². The van der Waals surface area contributed by atoms with Crippen molar-refractivity contribution in [3.63, 3.8) is 0 Å². The summed E-state index contributed by atoms with van der Waals surface area (Å²) in [5.74, 6) is 2.36. The molecule has 1 heterocycles. The Labute approximate surface area is 163 Å². The normalized spacial score (nSPS) is 13.9. The molecule has 1 aliphatic carbocycles. The Morgan fingerprint density at radius 3 is 2.29 bits per heavy atom. The first-order valence-corrected chi connectivity index (χ1v) is 10.3. The zero-order valence-electron chi connectivity index (χ0n) is 15.5. The van der Waals surface area contributed by atoms with Crippen molar-refractivity contribution in [2.24, 2.45) is 0 Å². The van der Waals surface area contributed by atoms with Crippen LogP contribution in [0.4, 0.5) is 5.69 Å². The van der Waals surface area contributed by atoms with Crippen LogP contribution in [0.3, 0.4) is 0 Å². The number of hydrogen-bond donors (Lipinski definition) is 1. The van der Waals surface area contributed by atoms with Crippen LogP contribution < -0.4 is 18.9 Å². The fourth-order valence-corrected chi connectivity index (χ4v) is 4.27. The number of sulfonamides is 1. The smallest absolute Gasteiger partial charge is 0.235 e. The lowest BCUT2D eigenvalue weighted by Crippen LogP contribution is -2.17. The van der Waals surface area contributed by atoms with Crippen LogP contribution in [0.1, 0.15) is 12.8 Å². The molecule has 1 N–H and O–H groups in total. The van der Waals surface area contributed by atoms with E-state index in [1.165, 1.54) is 0 Å². The summed E-state index contributed by atoms with van der Waals surface area (Å²) in [4.78, 5) is 4.35. The highest BCUT2D eigenvalue weighted by Gasteiger charge is 2.35. The van der Waals surface area contributed by atoms with E-state index < -0.39 is 10.0 Å². The summed E-state index contributed by atoms with van der Waals surface area (Å²) in [7, 11) is -0.136. The summed E-state index contributed by atoms with van der Waals surface area (Å²) < 4.78 is 43.3. The number of benzene rings is 2. The SMILES string of the molecule is COc1cc2nccc(Oc3ccc(NS(=O)(=O)C4CC4)cc3)c2cc1OC. The van der Waals surface area contributed by atoms with Gasteiger partial charge in [0.05, 0.1) is 25.0 Å². The summed E-state index contributed by atoms with van der Waals surface area (Å²) in [5.41, 5.74) is 1.23. The molecule has 1 saturated carbocycles. The molecule has 0 bridgehead atoms. The summed E-state index contributed by atoms with van der Waals surface area (Å²) in [5, 5.41) is 0.511. The van der Waals surface area contributed by atoms with E-state index in [0.717, 1.165) is 18.2 Å². The molecule has 0 amide bonds. The van der Waals surface area contributed by atoms with Crippen LogP contribution in [0.5, 0.6) is 23.0 Å². The maximum atomic E-state index is 12.0. The van der Waals surface area contributed by atoms with Crippen molar-refractivity contribution in [2.45, 2.75) is 18.1 Å². The second-order valence-corrected chi connectivity index (χ2v) is 8.47. The third-order valence-corrected chi connectivity index (χ3v) is 6.38. The number of hydrogen-bond acceptors (Lipinski definition) is 6. The number of methoxy groups -OCH3 is 2. The van der Waals surface area contributed by atoms with Crippen LogP contribution in [-0.4, -0.2) is 32.9 Å². The topological polar surface area (TPSA) is 86.8 Å². The Kier molecular flexibility index (Phi) is 4.72. The Balaban J connectivity index is 1.59. The Hall–Kier alpha value is -3.00. The van der Waals surface area contributed by atoms with Gasteiger partial charge in [-0.3, -0.25) is 9.71 Å². The van der Waals surface area contributed by atoms with Crippen molar-refractivity contribution >= 4 is 26.6 Å². The summed E-state index contributed by atoms with van der Waals surface area (Å²) in [6.07, 6.45) is 3.10. The highest BCUT2D eigenvalue weighted by molar-refractivity contribution is 7.93. The van der Waals surface area contributed by atoms with Gasteiger partial charge in [-0.25, -0.2) is 8.42 Å². The van der Waals surface area contributed by atoms with E-state index in [1.54, 1.807) is 56.8 Å². The third-order valence-electron chi connectivity index (χ3n) is 4.51. The molecule has 3 aromatic rings. The molecule has 7 nitrogen and oxygen atoms in total. The van der Waals surface area contributed by atoms with Crippen LogP contribution in [0.15, 0.2) is 48.7 Å². The summed E-state index contributed by atoms with van der Waals surface area (Å²) in [6, 6.07) is 12.2. The van der Waals surface area contributed by atoms with E-state index in [2.05, 4.69) is 9.71 Å². The molecular formula is C20H20N2O5S. The quantitative estimate of drug-likeness (QED) is 0.646. The van der Waals surface area contributed by atoms with Crippen molar-refractivity contribution in [3.8, 4) is 23.0 Å². The first kappa shape index (κ1) is 18.4. The van der Waals surface area contributed by atoms with Crippen molar-refractivity contribution in [3.05, 3.63) is 48.7 Å². The van der Waals surface area contributed by atoms with Crippen LogP contribution in [0, 0.1) is 0 Å². The molecule has 4 rings (SSSR count). The molecule has 8 heteroatoms. The van der Waals surface area contributed by atoms with Crippen LogP contribution >= 0.6 is 0 Å². The highest BCUT2D eigenvalue weighted by atomic mass is 32.2. The highest BCUT2D eigenvalue weighted by Crippen LogP contribution is 2.37. The molecule has 0 unspecified atom stereocenters. The predicted octanol–water partition coefficient (Wildman–Crippen LogP) is 3.95. The molecule has 0 saturated heterocycles. The van der Waals surface area contributed by atoms with Crippen molar-refractivity contribution in [2.75, 3.05) is 18.9 Å². The minimum Gasteiger partial charge on any atom is -0.493 e. The first-order valence-electron chi connectivity index (χ1n) is 8.80. The van der Waals surface area contributed by atoms with Gasteiger partial charge in [-0.15, -0.1) is 0 Å². The van der Waals surface area contributed by atoms with E-state index in [1.807, 2.05) is 6.07 Å². The molecule has 0 aliphatic heterocycles. The minimum absolute atomic E-state index is 0.265. The largest absolute Gasteiger partial charge is 0.493 e. The molecule has 2 aromatic carbocycles. The minimum atomic E-state index is -3.28. The van der Waals surface area contributed by atoms with Gasteiger partial charge in [0.25, 0.3) is 0 Å². The summed E-state index contributed by atoms with van der Waals surface area (Å²) >= 11 is 0. The van der Waals surface area contributed by atoms with Crippen molar-refractivity contribution < 1.29 is 22.6 Å². The molecule has 0 spiro atoms. The number of anilines is 1. The van der Waals surface area contributed by atoms with Gasteiger partial charge in [0, 0.05) is 23.3 Å². The molecule has 1 aliphatic rings. The number of nitrogens with one attached hydrogen (secondary N) is 1. The first-order chi connectivity index (χ1) is 13.5. The van der Waals surface area contributed by atoms with E-state index in [4.69, 9.17) is 14.2 Å². The third kappa shape index (κ3) is 3.68. The zero-order chi connectivity index (χ0) is 19.7. The van der Waals surface area contributed by atoms with Gasteiger partial charge >= 0.3 is 0 Å². The molecular weight excluding hydrogens is 380 g/mol. The van der Waals surface area contributed by atoms with Gasteiger partial charge in [0.1, 0.15) is 11.5 Å². The number of ether oxygens (including phenoxy) is 3. The molecule has 1 fully saturated rings. The lowest BCUT2D eigenvalue weighted by atomic mass is 10.2. The Morgan fingerprint density at radius 1 is 0.964 bits per heavy atom. The van der Waals surface area contributed by atoms with Crippen LogP contribution in [-0.2, 0) is 10.0 Å². The fraction of sp³-hybridized carbons (Fsp3) is 0.250. The summed E-state index contributed by atoms with van der Waals surface area (Å²) in [6.45, 7) is 0. The second-order valence-electron chi connectivity index (χ2n) is 6.51. The van der Waals surface area contributed by atoms with Crippen molar-refractivity contribution in [1.29, 1.82) is 0 Å². The fourth-order valence-electron chi connectivity index (χ4n) is 2.88. The van der Waals surface area contributed by atoms with Gasteiger partial charge in [0.2, 0.25) is 10.0 Å². The lowest BCUT2D eigenvalue weighted by Gasteiger charge is -2.13. The average Bonchev–Trinajstić information content (AvgIpc) is 3.54. The van der Waals surface area contributed by atoms with E-state index in [-0.39, 0.29) is 5.25 Å². The Morgan fingerprint density at radius 2 is 1.64 bits per heavy atom. The molecule has 28 heavy (non-hydrogen) atoms. The van der Waals surface area contributed by atoms with Gasteiger partial charge in [-0.2, -0.15) is 0 Å². The zero-order valence-corrected chi connectivity index (χ0v) is 16.3. The molecule has 146 valence electrons. The maximum Gasteiger partial charge on any atom is 0.235 e. The Bertz CT molecular complexity index is 1110. The standard InChI is InChI=1S/C20H20N2O5S/c1-25-19-11-16-17(12-20(19)26-2)21-10-9-18(16)27-14-5-3-13(4-6-14)22-28(23,24)15-7-8-15/h3-6,9-12,15,22H,7-8H2,1-2H3. The van der Waals surface area contributed by atoms with Gasteiger partial charge in [-0.1, -0.05) is 0 Å². The van der Waals surface area contributed by atoms with E-state index >= 15 is 0 Å². The number of fused-ring (bicyclic) bond motifs is 1. The monoisotopic (exact) mass is 400 g/mol. The van der Waals surface area contributed by atoms with Gasteiger partial charge in [0.15, 0.2) is 11.5 Å². The molecule has 0 atom stereocenters. The second kappa shape index (κ2) is 7.20. The molecule has 1 aromatic heterocycles. The van der Waals surface area contributed by atoms with E-state index in [9.17, 15) is 8.42 Å². The van der Waals surface area contributed by atoms with Gasteiger partial charge in [-0.05, 0) is 49.2 Å². The van der Waals surface area contributed by atoms with Gasteiger partial charge < -0.3 is 14.2 Å². The van der Waals surface area contributed by atoms with E-state index in [0.29, 0.717) is 34.2 Å². The number of aromatic nitrogens is 1.